The third-order valence-electron chi connectivity index (χ3n) is 4.92. The van der Waals surface area contributed by atoms with E-state index in [0.29, 0.717) is 12.6 Å². The number of halogens is 2. The summed E-state index contributed by atoms with van der Waals surface area (Å²) >= 11 is 6.40. The average molecular weight is 325 g/mol. The molecule has 122 valence electrons. The number of alkyl halides is 1. The van der Waals surface area contributed by atoms with Crippen LogP contribution in [0.5, 0.6) is 0 Å². The van der Waals surface area contributed by atoms with E-state index in [4.69, 9.17) is 11.6 Å². The van der Waals surface area contributed by atoms with E-state index in [-0.39, 0.29) is 0 Å². The smallest absolute Gasteiger partial charge is 0.123 e. The van der Waals surface area contributed by atoms with Crippen molar-refractivity contribution in [3.05, 3.63) is 34.3 Å². The molecule has 2 nitrogen and oxygen atoms in total. The third kappa shape index (κ3) is 4.21. The van der Waals surface area contributed by atoms with Crippen molar-refractivity contribution in [2.75, 3.05) is 19.6 Å². The number of nitrogens with one attached hydrogen (secondary N) is 1. The summed E-state index contributed by atoms with van der Waals surface area (Å²) in [4.78, 5) is 2.34. The largest absolute Gasteiger partial charge is 0.317 e. The van der Waals surface area contributed by atoms with E-state index >= 15 is 0 Å². The maximum atomic E-state index is 14.4. The van der Waals surface area contributed by atoms with Gasteiger partial charge in [0.25, 0.3) is 0 Å². The molecule has 1 atom stereocenters. The Kier molecular flexibility index (Phi) is 5.06. The molecule has 0 bridgehead atoms. The van der Waals surface area contributed by atoms with E-state index in [0.717, 1.165) is 55.9 Å². The Morgan fingerprint density at radius 2 is 2.14 bits per heavy atom. The van der Waals surface area contributed by atoms with E-state index in [1.165, 1.54) is 12.0 Å². The molecule has 2 fully saturated rings. The fourth-order valence-corrected chi connectivity index (χ4v) is 3.63. The first-order valence-electron chi connectivity index (χ1n) is 8.44. The summed E-state index contributed by atoms with van der Waals surface area (Å²) in [6, 6.07) is 6.65. The molecule has 2 aliphatic rings. The molecule has 1 saturated carbocycles. The second kappa shape index (κ2) is 6.86. The van der Waals surface area contributed by atoms with E-state index in [1.54, 1.807) is 0 Å². The van der Waals surface area contributed by atoms with Crippen molar-refractivity contribution in [3.8, 4) is 0 Å². The first kappa shape index (κ1) is 16.2. The van der Waals surface area contributed by atoms with Gasteiger partial charge in [0.05, 0.1) is 0 Å². The van der Waals surface area contributed by atoms with Crippen LogP contribution in [0.15, 0.2) is 18.2 Å². The molecule has 1 N–H and O–H groups in total. The van der Waals surface area contributed by atoms with Crippen LogP contribution in [0.25, 0.3) is 0 Å². The highest BCUT2D eigenvalue weighted by Gasteiger charge is 2.45. The molecule has 1 aliphatic heterocycles. The van der Waals surface area contributed by atoms with Gasteiger partial charge in [-0.05, 0) is 69.3 Å². The van der Waals surface area contributed by atoms with Crippen LogP contribution in [-0.4, -0.2) is 36.2 Å². The molecule has 1 unspecified atom stereocenters. The van der Waals surface area contributed by atoms with Crippen LogP contribution in [0, 0.1) is 6.92 Å². The number of hydrogen-bond acceptors (Lipinski definition) is 2. The Bertz CT molecular complexity index is 508. The molecule has 0 radical (unpaired) electrons. The Balaban J connectivity index is 1.74. The van der Waals surface area contributed by atoms with Crippen molar-refractivity contribution in [1.29, 1.82) is 0 Å². The maximum Gasteiger partial charge on any atom is 0.123 e. The highest BCUT2D eigenvalue weighted by Crippen LogP contribution is 2.41. The van der Waals surface area contributed by atoms with Gasteiger partial charge in [0.15, 0.2) is 0 Å². The topological polar surface area (TPSA) is 15.3 Å². The highest BCUT2D eigenvalue weighted by atomic mass is 35.5. The number of aryl methyl sites for hydroxylation is 1. The van der Waals surface area contributed by atoms with Crippen LogP contribution in [0.1, 0.15) is 43.2 Å². The van der Waals surface area contributed by atoms with Gasteiger partial charge in [-0.25, -0.2) is 4.39 Å². The van der Waals surface area contributed by atoms with Gasteiger partial charge in [-0.1, -0.05) is 23.7 Å². The summed E-state index contributed by atoms with van der Waals surface area (Å²) in [6.45, 7) is 5.47. The molecule has 1 aromatic carbocycles. The normalized spacial score (nSPS) is 24.3. The minimum atomic E-state index is -0.948. The van der Waals surface area contributed by atoms with Crippen molar-refractivity contribution >= 4 is 11.6 Å². The third-order valence-corrected chi connectivity index (χ3v) is 5.27. The lowest BCUT2D eigenvalue weighted by molar-refractivity contribution is 0.115. The van der Waals surface area contributed by atoms with E-state index in [2.05, 4.69) is 22.3 Å². The van der Waals surface area contributed by atoms with Gasteiger partial charge in [-0.3, -0.25) is 4.90 Å². The quantitative estimate of drug-likeness (QED) is 0.877. The van der Waals surface area contributed by atoms with E-state index in [9.17, 15) is 4.39 Å². The number of benzene rings is 1. The van der Waals surface area contributed by atoms with Crippen LogP contribution in [-0.2, 0) is 6.54 Å². The molecule has 1 aromatic rings. The number of hydrogen-bond donors (Lipinski definition) is 1. The molecular formula is C18H26ClFN2. The Hall–Kier alpha value is -0.640. The molecule has 3 rings (SSSR count). The fraction of sp³-hybridized carbons (Fsp3) is 0.667. The van der Waals surface area contributed by atoms with Crippen LogP contribution in [0.4, 0.5) is 4.39 Å². The molecule has 1 heterocycles. The fourth-order valence-electron chi connectivity index (χ4n) is 3.34. The molecule has 1 saturated heterocycles. The molecule has 22 heavy (non-hydrogen) atoms. The van der Waals surface area contributed by atoms with E-state index in [1.807, 2.05) is 13.0 Å². The van der Waals surface area contributed by atoms with Crippen molar-refractivity contribution in [1.82, 2.24) is 10.2 Å². The first-order valence-corrected chi connectivity index (χ1v) is 8.82. The minimum absolute atomic E-state index is 0.459. The summed E-state index contributed by atoms with van der Waals surface area (Å²) in [6.07, 6.45) is 4.85. The van der Waals surface area contributed by atoms with Crippen LogP contribution in [0.3, 0.4) is 0 Å². The molecule has 4 heteroatoms. The number of rotatable bonds is 5. The lowest BCUT2D eigenvalue weighted by Gasteiger charge is -2.32. The average Bonchev–Trinajstić information content (AvgIpc) is 3.24. The zero-order chi connectivity index (χ0) is 15.6. The summed E-state index contributed by atoms with van der Waals surface area (Å²) < 4.78 is 14.4. The van der Waals surface area contributed by atoms with Crippen molar-refractivity contribution in [3.63, 3.8) is 0 Å². The second-order valence-electron chi connectivity index (χ2n) is 6.99. The molecule has 0 amide bonds. The van der Waals surface area contributed by atoms with Crippen molar-refractivity contribution in [2.45, 2.75) is 57.3 Å². The van der Waals surface area contributed by atoms with Crippen LogP contribution in [0.2, 0.25) is 5.02 Å². The van der Waals surface area contributed by atoms with Crippen molar-refractivity contribution in [2.24, 2.45) is 0 Å². The highest BCUT2D eigenvalue weighted by molar-refractivity contribution is 6.31. The Morgan fingerprint density at radius 3 is 2.86 bits per heavy atom. The van der Waals surface area contributed by atoms with Gasteiger partial charge >= 0.3 is 0 Å². The minimum Gasteiger partial charge on any atom is -0.317 e. The molecule has 1 aliphatic carbocycles. The predicted octanol–water partition coefficient (Wildman–Crippen LogP) is 4.09. The monoisotopic (exact) mass is 324 g/mol. The SMILES string of the molecule is Cc1ccc(CN(CC2(F)CC2)C2CCCNCC2)c(Cl)c1. The molecule has 0 aromatic heterocycles. The second-order valence-corrected chi connectivity index (χ2v) is 7.39. The Labute approximate surface area is 138 Å². The zero-order valence-electron chi connectivity index (χ0n) is 13.4. The lowest BCUT2D eigenvalue weighted by Crippen LogP contribution is -2.40. The van der Waals surface area contributed by atoms with Gasteiger partial charge in [0, 0.05) is 24.2 Å². The van der Waals surface area contributed by atoms with Crippen molar-refractivity contribution < 1.29 is 4.39 Å². The molecular weight excluding hydrogens is 299 g/mol. The summed E-state index contributed by atoms with van der Waals surface area (Å²) in [7, 11) is 0. The van der Waals surface area contributed by atoms with Crippen LogP contribution < -0.4 is 5.32 Å². The summed E-state index contributed by atoms with van der Waals surface area (Å²) in [5, 5.41) is 4.25. The summed E-state index contributed by atoms with van der Waals surface area (Å²) in [5.41, 5.74) is 1.34. The van der Waals surface area contributed by atoms with Gasteiger partial charge in [-0.15, -0.1) is 0 Å². The van der Waals surface area contributed by atoms with Gasteiger partial charge in [0.1, 0.15) is 5.67 Å². The van der Waals surface area contributed by atoms with E-state index < -0.39 is 5.67 Å². The van der Waals surface area contributed by atoms with Gasteiger partial charge in [0.2, 0.25) is 0 Å². The predicted molar refractivity (Wildman–Crippen MR) is 90.2 cm³/mol. The number of nitrogens with zero attached hydrogens (tertiary/aromatic N) is 1. The first-order chi connectivity index (χ1) is 10.6. The van der Waals surface area contributed by atoms with Gasteiger partial charge < -0.3 is 5.32 Å². The standard InChI is InChI=1S/C18H26ClFN2/c1-14-4-5-15(17(19)11-14)12-22(13-18(20)7-8-18)16-3-2-9-21-10-6-16/h4-5,11,16,21H,2-3,6-10,12-13H2,1H3. The zero-order valence-corrected chi connectivity index (χ0v) is 14.1. The summed E-state index contributed by atoms with van der Waals surface area (Å²) in [5.74, 6) is 0. The lowest BCUT2D eigenvalue weighted by atomic mass is 10.0. The van der Waals surface area contributed by atoms with Gasteiger partial charge in [-0.2, -0.15) is 0 Å². The maximum absolute atomic E-state index is 14.4. The Morgan fingerprint density at radius 1 is 1.32 bits per heavy atom. The van der Waals surface area contributed by atoms with Crippen LogP contribution >= 0.6 is 11.6 Å². The molecule has 0 spiro atoms.